The van der Waals surface area contributed by atoms with Crippen molar-refractivity contribution in [3.8, 4) is 0 Å². The van der Waals surface area contributed by atoms with Gasteiger partial charge >= 0.3 is 6.18 Å². The van der Waals surface area contributed by atoms with Crippen LogP contribution in [0.5, 0.6) is 0 Å². The molecule has 0 aromatic carbocycles. The number of methoxy groups -OCH3 is 1. The molecule has 6 atom stereocenters. The summed E-state index contributed by atoms with van der Waals surface area (Å²) in [5.74, 6) is 0.199. The lowest BCUT2D eigenvalue weighted by molar-refractivity contribution is -0.144. The molecule has 10 heteroatoms. The van der Waals surface area contributed by atoms with Crippen LogP contribution in [0.2, 0.25) is 0 Å². The van der Waals surface area contributed by atoms with Crippen molar-refractivity contribution in [2.75, 3.05) is 26.9 Å². The van der Waals surface area contributed by atoms with Crippen LogP contribution in [0.1, 0.15) is 48.9 Å². The zero-order chi connectivity index (χ0) is 24.1. The average Bonchev–Trinajstić information content (AvgIpc) is 3.30. The number of rotatable bonds is 4. The van der Waals surface area contributed by atoms with E-state index in [0.717, 1.165) is 31.5 Å². The van der Waals surface area contributed by atoms with Crippen LogP contribution in [0.15, 0.2) is 12.3 Å². The Hall–Kier alpha value is -1.42. The molecule has 0 spiro atoms. The lowest BCUT2D eigenvalue weighted by Gasteiger charge is -2.38. The normalized spacial score (nSPS) is 35.8. The van der Waals surface area contributed by atoms with Gasteiger partial charge in [0.2, 0.25) is 5.91 Å². The van der Waals surface area contributed by atoms with E-state index < -0.39 is 17.2 Å². The number of pyridine rings is 1. The quantitative estimate of drug-likeness (QED) is 0.639. The molecule has 188 valence electrons. The van der Waals surface area contributed by atoms with Gasteiger partial charge in [0.05, 0.1) is 23.7 Å². The summed E-state index contributed by atoms with van der Waals surface area (Å²) in [7, 11) is 1.69. The highest BCUT2D eigenvalue weighted by atomic mass is 35.5. The Morgan fingerprint density at radius 1 is 1.35 bits per heavy atom. The van der Waals surface area contributed by atoms with E-state index in [4.69, 9.17) is 21.1 Å². The van der Waals surface area contributed by atoms with Gasteiger partial charge in [0.15, 0.2) is 0 Å². The van der Waals surface area contributed by atoms with Gasteiger partial charge in [0.1, 0.15) is 0 Å². The van der Waals surface area contributed by atoms with E-state index in [9.17, 15) is 18.0 Å². The number of fused-ring (bicyclic) bond motifs is 2. The molecule has 2 aliphatic heterocycles. The molecule has 1 saturated heterocycles. The Labute approximate surface area is 202 Å². The standard InChI is InChI=1S/C24H31ClF3N3O3/c1-33-21-13-34-5-3-20(21)30-18-8-15-7-17(25)9-23(15,10-18)22(32)31-4-2-19-14(12-31)6-16(11-29-19)24(26,27)28/h6,11,15,17-18,20-21,30H,2-5,7-10,12-13H2,1H3/t15-,17+,18-,20?,21?,23-/m1/s1. The molecule has 4 aliphatic rings. The maximum absolute atomic E-state index is 14.0. The number of halogens is 4. The number of nitrogens with one attached hydrogen (secondary N) is 1. The summed E-state index contributed by atoms with van der Waals surface area (Å²) in [5.41, 5.74) is -0.207. The Morgan fingerprint density at radius 2 is 2.18 bits per heavy atom. The summed E-state index contributed by atoms with van der Waals surface area (Å²) in [6.07, 6.45) is 0.695. The molecule has 6 nitrogen and oxygen atoms in total. The van der Waals surface area contributed by atoms with E-state index >= 15 is 0 Å². The minimum atomic E-state index is -4.45. The fourth-order valence-corrected chi connectivity index (χ4v) is 7.09. The average molecular weight is 502 g/mol. The number of hydrogen-bond acceptors (Lipinski definition) is 5. The van der Waals surface area contributed by atoms with Crippen molar-refractivity contribution >= 4 is 17.5 Å². The van der Waals surface area contributed by atoms with Gasteiger partial charge in [0, 0.05) is 62.6 Å². The highest BCUT2D eigenvalue weighted by Crippen LogP contribution is 2.57. The first-order chi connectivity index (χ1) is 16.2. The van der Waals surface area contributed by atoms with Crippen molar-refractivity contribution in [2.24, 2.45) is 11.3 Å². The molecule has 2 unspecified atom stereocenters. The van der Waals surface area contributed by atoms with Crippen molar-refractivity contribution in [3.05, 3.63) is 29.1 Å². The van der Waals surface area contributed by atoms with Crippen molar-refractivity contribution in [2.45, 2.75) is 74.8 Å². The number of carbonyl (C=O) groups is 1. The number of ether oxygens (including phenoxy) is 2. The lowest BCUT2D eigenvalue weighted by Crippen LogP contribution is -2.51. The number of alkyl halides is 4. The van der Waals surface area contributed by atoms with Crippen molar-refractivity contribution in [1.29, 1.82) is 0 Å². The number of nitrogens with zero attached hydrogens (tertiary/aromatic N) is 2. The van der Waals surface area contributed by atoms with Gasteiger partial charge in [-0.3, -0.25) is 9.78 Å². The van der Waals surface area contributed by atoms with Crippen molar-refractivity contribution in [3.63, 3.8) is 0 Å². The zero-order valence-electron chi connectivity index (χ0n) is 19.2. The highest BCUT2D eigenvalue weighted by molar-refractivity contribution is 6.21. The monoisotopic (exact) mass is 501 g/mol. The van der Waals surface area contributed by atoms with Crippen LogP contribution < -0.4 is 5.32 Å². The van der Waals surface area contributed by atoms with E-state index in [1.807, 2.05) is 0 Å². The van der Waals surface area contributed by atoms with Crippen LogP contribution >= 0.6 is 11.6 Å². The van der Waals surface area contributed by atoms with Crippen LogP contribution in [-0.2, 0) is 33.4 Å². The summed E-state index contributed by atoms with van der Waals surface area (Å²) >= 11 is 6.56. The highest BCUT2D eigenvalue weighted by Gasteiger charge is 2.59. The van der Waals surface area contributed by atoms with Crippen molar-refractivity contribution in [1.82, 2.24) is 15.2 Å². The Morgan fingerprint density at radius 3 is 2.94 bits per heavy atom. The van der Waals surface area contributed by atoms with E-state index in [0.29, 0.717) is 50.3 Å². The third-order valence-corrected chi connectivity index (χ3v) is 8.56. The molecule has 0 radical (unpaired) electrons. The summed E-state index contributed by atoms with van der Waals surface area (Å²) in [6, 6.07) is 1.50. The second kappa shape index (κ2) is 9.22. The predicted octanol–water partition coefficient (Wildman–Crippen LogP) is 3.54. The van der Waals surface area contributed by atoms with E-state index in [-0.39, 0.29) is 41.9 Å². The van der Waals surface area contributed by atoms with Gasteiger partial charge in [0.25, 0.3) is 0 Å². The Bertz CT molecular complexity index is 932. The molecule has 1 amide bonds. The van der Waals surface area contributed by atoms with Gasteiger partial charge in [-0.05, 0) is 49.7 Å². The van der Waals surface area contributed by atoms with Crippen LogP contribution in [-0.4, -0.2) is 66.2 Å². The topological polar surface area (TPSA) is 63.7 Å². The van der Waals surface area contributed by atoms with Gasteiger partial charge < -0.3 is 19.7 Å². The maximum atomic E-state index is 14.0. The predicted molar refractivity (Wildman–Crippen MR) is 119 cm³/mol. The van der Waals surface area contributed by atoms with Crippen LogP contribution in [0.4, 0.5) is 13.2 Å². The molecule has 1 N–H and O–H groups in total. The molecular formula is C24H31ClF3N3O3. The first-order valence-corrected chi connectivity index (χ1v) is 12.5. The number of amides is 1. The maximum Gasteiger partial charge on any atom is 0.417 e. The summed E-state index contributed by atoms with van der Waals surface area (Å²) < 4.78 is 50.7. The largest absolute Gasteiger partial charge is 0.417 e. The summed E-state index contributed by atoms with van der Waals surface area (Å²) in [6.45, 7) is 1.87. The molecule has 3 heterocycles. The minimum Gasteiger partial charge on any atom is -0.379 e. The van der Waals surface area contributed by atoms with Crippen LogP contribution in [0.3, 0.4) is 0 Å². The molecule has 3 fully saturated rings. The fourth-order valence-electron chi connectivity index (χ4n) is 6.60. The number of aromatic nitrogens is 1. The lowest BCUT2D eigenvalue weighted by atomic mass is 9.78. The number of carbonyl (C=O) groups excluding carboxylic acids is 1. The van der Waals surface area contributed by atoms with E-state index in [2.05, 4.69) is 10.3 Å². The van der Waals surface area contributed by atoms with Crippen molar-refractivity contribution < 1.29 is 27.4 Å². The minimum absolute atomic E-state index is 0.0180. The first kappa shape index (κ1) is 24.3. The van der Waals surface area contributed by atoms with Gasteiger partial charge in [-0.15, -0.1) is 11.6 Å². The summed E-state index contributed by atoms with van der Waals surface area (Å²) in [5, 5.41) is 3.68. The molecule has 2 saturated carbocycles. The zero-order valence-corrected chi connectivity index (χ0v) is 20.0. The van der Waals surface area contributed by atoms with Gasteiger partial charge in [-0.1, -0.05) is 0 Å². The third kappa shape index (κ3) is 4.45. The fraction of sp³-hybridized carbons (Fsp3) is 0.750. The molecule has 5 rings (SSSR count). The molecule has 1 aromatic rings. The summed E-state index contributed by atoms with van der Waals surface area (Å²) in [4.78, 5) is 19.7. The molecule has 1 aromatic heterocycles. The first-order valence-electron chi connectivity index (χ1n) is 12.0. The second-order valence-electron chi connectivity index (χ2n) is 10.2. The van der Waals surface area contributed by atoms with Gasteiger partial charge in [-0.2, -0.15) is 13.2 Å². The molecule has 0 bridgehead atoms. The Balaban J connectivity index is 1.33. The molecule has 2 aliphatic carbocycles. The van der Waals surface area contributed by atoms with Gasteiger partial charge in [-0.25, -0.2) is 0 Å². The molecule has 34 heavy (non-hydrogen) atoms. The van der Waals surface area contributed by atoms with E-state index in [1.54, 1.807) is 12.0 Å². The second-order valence-corrected chi connectivity index (χ2v) is 10.9. The number of hydrogen-bond donors (Lipinski definition) is 1. The van der Waals surface area contributed by atoms with E-state index in [1.165, 1.54) is 0 Å². The Kier molecular flexibility index (Phi) is 6.59. The van der Waals surface area contributed by atoms with Crippen LogP contribution in [0, 0.1) is 11.3 Å². The smallest absolute Gasteiger partial charge is 0.379 e. The SMILES string of the molecule is COC1COCCC1N[C@@H]1C[C@H]2C[C@H](Cl)C[C@@]2(C(=O)N2CCc3ncc(C(F)(F)F)cc3C2)C1. The third-order valence-electron chi connectivity index (χ3n) is 8.22. The molecular weight excluding hydrogens is 471 g/mol. The van der Waals surface area contributed by atoms with Crippen LogP contribution in [0.25, 0.3) is 0 Å².